The standard InChI is InChI=1S/C45H64N2O7/c1-30(11-10-14-32-12-6-5-7-13-32)15-21-42(51)24-23-39(3)29-43(54-31(2)48)38-40(4,34-26-41(18-8-9-19-41)27-35(34)46-47-43)20-17-36(49)45(38,42)44(39,52)22-16-33-25-37(50)53-28-33/h5-7,12-13,23-25,30,34-36,38,46-47,49,51-52H,8-11,14-22,26-29H2,1-4H3. The summed E-state index contributed by atoms with van der Waals surface area (Å²) in [5, 5.41) is 40.7. The average molecular weight is 745 g/mol. The lowest BCUT2D eigenvalue weighted by molar-refractivity contribution is -0.383. The van der Waals surface area contributed by atoms with Gasteiger partial charge in [-0.05, 0) is 111 Å². The van der Waals surface area contributed by atoms with Crippen LogP contribution in [0, 0.1) is 39.4 Å². The predicted octanol–water partition coefficient (Wildman–Crippen LogP) is 6.60. The van der Waals surface area contributed by atoms with Crippen molar-refractivity contribution in [2.45, 2.75) is 160 Å². The lowest BCUT2D eigenvalue weighted by Crippen LogP contribution is -2.87. The number of esters is 2. The number of hydrazine groups is 1. The van der Waals surface area contributed by atoms with Crippen LogP contribution in [0.1, 0.15) is 130 Å². The third-order valence-corrected chi connectivity index (χ3v) is 16.4. The smallest absolute Gasteiger partial charge is 0.331 e. The van der Waals surface area contributed by atoms with Gasteiger partial charge >= 0.3 is 11.9 Å². The minimum atomic E-state index is -1.63. The van der Waals surface area contributed by atoms with Crippen molar-refractivity contribution in [3.05, 3.63) is 59.7 Å². The van der Waals surface area contributed by atoms with E-state index >= 15 is 0 Å². The Balaban J connectivity index is 1.24. The van der Waals surface area contributed by atoms with Crippen LogP contribution in [0.4, 0.5) is 0 Å². The highest BCUT2D eigenvalue weighted by molar-refractivity contribution is 5.85. The van der Waals surface area contributed by atoms with Gasteiger partial charge in [-0.25, -0.2) is 10.2 Å². The van der Waals surface area contributed by atoms with Crippen molar-refractivity contribution in [1.82, 2.24) is 10.9 Å². The minimum absolute atomic E-state index is 0.122. The number of rotatable bonds is 11. The van der Waals surface area contributed by atoms with Crippen LogP contribution in [0.2, 0.25) is 0 Å². The molecule has 54 heavy (non-hydrogen) atoms. The van der Waals surface area contributed by atoms with Crippen LogP contribution < -0.4 is 10.9 Å². The molecule has 11 unspecified atom stereocenters. The summed E-state index contributed by atoms with van der Waals surface area (Å²) >= 11 is 0. The van der Waals surface area contributed by atoms with Gasteiger partial charge in [-0.1, -0.05) is 82.5 Å². The first-order valence-electron chi connectivity index (χ1n) is 21.1. The largest absolute Gasteiger partial charge is 0.458 e. The number of carbonyl (C=O) groups excluding carboxylic acids is 2. The zero-order valence-electron chi connectivity index (χ0n) is 33.0. The van der Waals surface area contributed by atoms with Crippen LogP contribution in [-0.2, 0) is 25.5 Å². The molecule has 5 fully saturated rings. The lowest BCUT2D eigenvalue weighted by atomic mass is 9.30. The van der Waals surface area contributed by atoms with Gasteiger partial charge in [-0.15, -0.1) is 0 Å². The molecule has 0 radical (unpaired) electrons. The fourth-order valence-corrected chi connectivity index (χ4v) is 14.1. The molecule has 4 saturated carbocycles. The van der Waals surface area contributed by atoms with Crippen molar-refractivity contribution in [3.63, 3.8) is 0 Å². The molecule has 2 bridgehead atoms. The molecule has 5 aliphatic carbocycles. The summed E-state index contributed by atoms with van der Waals surface area (Å²) in [5.41, 5.74) is 2.18. The fourth-order valence-electron chi connectivity index (χ4n) is 14.1. The van der Waals surface area contributed by atoms with E-state index in [2.05, 4.69) is 49.0 Å². The van der Waals surface area contributed by atoms with Gasteiger partial charge in [-0.3, -0.25) is 10.2 Å². The first kappa shape index (κ1) is 38.3. The topological polar surface area (TPSA) is 137 Å². The molecule has 1 saturated heterocycles. The second-order valence-electron chi connectivity index (χ2n) is 19.6. The van der Waals surface area contributed by atoms with Crippen LogP contribution in [0.15, 0.2) is 54.1 Å². The van der Waals surface area contributed by atoms with Gasteiger partial charge in [0.05, 0.1) is 22.7 Å². The van der Waals surface area contributed by atoms with E-state index in [4.69, 9.17) is 9.47 Å². The summed E-state index contributed by atoms with van der Waals surface area (Å²) in [5.74, 6) is -0.978. The monoisotopic (exact) mass is 744 g/mol. The van der Waals surface area contributed by atoms with Gasteiger partial charge in [-0.2, -0.15) is 0 Å². The maximum atomic E-state index is 14.0. The van der Waals surface area contributed by atoms with Crippen LogP contribution in [-0.4, -0.2) is 62.9 Å². The summed E-state index contributed by atoms with van der Waals surface area (Å²) in [6, 6.07) is 10.7. The van der Waals surface area contributed by atoms with Gasteiger partial charge in [0.2, 0.25) is 0 Å². The molecule has 5 N–H and O–H groups in total. The Kier molecular flexibility index (Phi) is 9.61. The van der Waals surface area contributed by atoms with E-state index in [1.54, 1.807) is 0 Å². The Morgan fingerprint density at radius 3 is 2.48 bits per heavy atom. The number of aryl methyl sites for hydroxylation is 1. The quantitative estimate of drug-likeness (QED) is 0.125. The maximum absolute atomic E-state index is 14.0. The van der Waals surface area contributed by atoms with E-state index in [9.17, 15) is 24.9 Å². The molecule has 9 nitrogen and oxygen atoms in total. The second kappa shape index (κ2) is 13.5. The Bertz CT molecular complexity index is 1670. The molecular weight excluding hydrogens is 681 g/mol. The molecule has 2 spiro atoms. The van der Waals surface area contributed by atoms with Gasteiger partial charge in [0, 0.05) is 36.8 Å². The molecule has 7 aliphatic rings. The lowest BCUT2D eigenvalue weighted by Gasteiger charge is -2.77. The van der Waals surface area contributed by atoms with Gasteiger partial charge in [0.1, 0.15) is 6.61 Å². The van der Waals surface area contributed by atoms with Crippen molar-refractivity contribution in [2.75, 3.05) is 6.61 Å². The SMILES string of the molecule is CC(=O)OC12CC3(C)C=CC(O)(CCC(C)CCCc4ccccc4)C4(C(O)CCC(C)(C5CC6(CCCC6)CC5NN1)C24)C3(O)CCC1=CC(=O)OC1. The number of aliphatic hydroxyl groups is 3. The maximum Gasteiger partial charge on any atom is 0.331 e. The molecule has 11 atom stereocenters. The van der Waals surface area contributed by atoms with E-state index in [1.165, 1.54) is 44.2 Å². The number of hydrogen-bond acceptors (Lipinski definition) is 9. The third kappa shape index (κ3) is 5.72. The summed E-state index contributed by atoms with van der Waals surface area (Å²) in [6.45, 7) is 8.19. The normalized spacial score (nSPS) is 43.5. The molecule has 0 amide bonds. The van der Waals surface area contributed by atoms with Crippen LogP contribution in [0.3, 0.4) is 0 Å². The second-order valence-corrected chi connectivity index (χ2v) is 19.6. The molecule has 2 aliphatic heterocycles. The highest BCUT2D eigenvalue weighted by Gasteiger charge is 2.85. The highest BCUT2D eigenvalue weighted by Crippen LogP contribution is 2.78. The Hall–Kier alpha value is -2.56. The van der Waals surface area contributed by atoms with Gasteiger partial charge < -0.3 is 24.8 Å². The molecule has 1 aromatic carbocycles. The Morgan fingerprint density at radius 1 is 1.02 bits per heavy atom. The molecule has 9 heteroatoms. The van der Waals surface area contributed by atoms with E-state index in [-0.39, 0.29) is 42.8 Å². The average Bonchev–Trinajstić information content (AvgIpc) is 3.86. The molecular formula is C45H64N2O7. The van der Waals surface area contributed by atoms with Crippen LogP contribution in [0.25, 0.3) is 0 Å². The molecule has 1 aromatic rings. The fraction of sp³-hybridized carbons (Fsp3) is 0.733. The number of fused-ring (bicyclic) bond motifs is 3. The molecule has 8 rings (SSSR count). The number of nitrogens with one attached hydrogen (secondary N) is 2. The number of cyclic esters (lactones) is 1. The van der Waals surface area contributed by atoms with Crippen molar-refractivity contribution in [3.8, 4) is 0 Å². The van der Waals surface area contributed by atoms with Crippen molar-refractivity contribution in [2.24, 2.45) is 39.4 Å². The minimum Gasteiger partial charge on any atom is -0.458 e. The van der Waals surface area contributed by atoms with Crippen LogP contribution in [0.5, 0.6) is 0 Å². The van der Waals surface area contributed by atoms with Gasteiger partial charge in [0.25, 0.3) is 0 Å². The van der Waals surface area contributed by atoms with Crippen LogP contribution >= 0.6 is 0 Å². The summed E-state index contributed by atoms with van der Waals surface area (Å²) in [4.78, 5) is 25.6. The predicted molar refractivity (Wildman–Crippen MR) is 205 cm³/mol. The highest BCUT2D eigenvalue weighted by atomic mass is 16.6. The summed E-state index contributed by atoms with van der Waals surface area (Å²) in [6.07, 6.45) is 17.3. The number of hydrogen-bond donors (Lipinski definition) is 5. The zero-order chi connectivity index (χ0) is 38.2. The van der Waals surface area contributed by atoms with Gasteiger partial charge in [0.15, 0.2) is 5.72 Å². The third-order valence-electron chi connectivity index (χ3n) is 16.4. The first-order chi connectivity index (χ1) is 25.6. The Morgan fingerprint density at radius 2 is 1.78 bits per heavy atom. The van der Waals surface area contributed by atoms with E-state index in [1.807, 2.05) is 25.1 Å². The zero-order valence-corrected chi connectivity index (χ0v) is 33.0. The Labute approximate surface area is 321 Å². The van der Waals surface area contributed by atoms with Crippen molar-refractivity contribution < 1.29 is 34.4 Å². The van der Waals surface area contributed by atoms with E-state index in [0.717, 1.165) is 37.7 Å². The van der Waals surface area contributed by atoms with E-state index in [0.29, 0.717) is 38.0 Å². The number of carbonyl (C=O) groups is 2. The first-order valence-corrected chi connectivity index (χ1v) is 21.1. The molecule has 296 valence electrons. The van der Waals surface area contributed by atoms with E-state index < -0.39 is 51.2 Å². The number of ether oxygens (including phenoxy) is 2. The number of benzene rings is 1. The summed E-state index contributed by atoms with van der Waals surface area (Å²) < 4.78 is 11.9. The van der Waals surface area contributed by atoms with Crippen molar-refractivity contribution in [1.29, 1.82) is 0 Å². The summed E-state index contributed by atoms with van der Waals surface area (Å²) in [7, 11) is 0. The molecule has 2 heterocycles. The molecule has 0 aromatic heterocycles. The van der Waals surface area contributed by atoms with Crippen molar-refractivity contribution >= 4 is 11.9 Å². The number of aliphatic hydroxyl groups excluding tert-OH is 1.